The molecule has 0 unspecified atom stereocenters. The van der Waals surface area contributed by atoms with Crippen LogP contribution in [0, 0.1) is 0 Å². The van der Waals surface area contributed by atoms with Crippen LogP contribution in [-0.2, 0) is 4.74 Å². The zero-order valence-electron chi connectivity index (χ0n) is 12.7. The van der Waals surface area contributed by atoms with Crippen LogP contribution in [0.3, 0.4) is 0 Å². The Labute approximate surface area is 133 Å². The highest BCUT2D eigenvalue weighted by molar-refractivity contribution is 5.98. The van der Waals surface area contributed by atoms with Gasteiger partial charge in [0.1, 0.15) is 5.69 Å². The summed E-state index contributed by atoms with van der Waals surface area (Å²) in [5.41, 5.74) is 2.94. The minimum absolute atomic E-state index is 0.221. The summed E-state index contributed by atoms with van der Waals surface area (Å²) in [7, 11) is 1.59. The van der Waals surface area contributed by atoms with E-state index in [1.807, 2.05) is 18.2 Å². The standard InChI is InChI=1S/C17H16N4O2/c1-23-9-8-20-17(22)15-3-2-13-10-19-11-14(16(13)21-15)12-4-6-18-7-5-12/h2-7,10-11H,8-9H2,1H3,(H,20,22). The Kier molecular flexibility index (Phi) is 4.54. The Morgan fingerprint density at radius 1 is 1.13 bits per heavy atom. The summed E-state index contributed by atoms with van der Waals surface area (Å²) in [5.74, 6) is -0.221. The Morgan fingerprint density at radius 2 is 1.96 bits per heavy atom. The van der Waals surface area contributed by atoms with Gasteiger partial charge in [0.2, 0.25) is 0 Å². The van der Waals surface area contributed by atoms with Gasteiger partial charge in [0.15, 0.2) is 0 Å². The van der Waals surface area contributed by atoms with Crippen molar-refractivity contribution in [2.45, 2.75) is 0 Å². The monoisotopic (exact) mass is 308 g/mol. The van der Waals surface area contributed by atoms with E-state index in [1.54, 1.807) is 38.0 Å². The van der Waals surface area contributed by atoms with E-state index in [1.165, 1.54) is 0 Å². The van der Waals surface area contributed by atoms with Gasteiger partial charge in [0, 0.05) is 49.4 Å². The van der Waals surface area contributed by atoms with Crippen LogP contribution >= 0.6 is 0 Å². The van der Waals surface area contributed by atoms with Crippen LogP contribution in [0.25, 0.3) is 22.0 Å². The lowest BCUT2D eigenvalue weighted by Gasteiger charge is -2.08. The predicted molar refractivity (Wildman–Crippen MR) is 87.0 cm³/mol. The highest BCUT2D eigenvalue weighted by Crippen LogP contribution is 2.25. The molecule has 0 aliphatic rings. The van der Waals surface area contributed by atoms with Crippen LogP contribution in [0.4, 0.5) is 0 Å². The lowest BCUT2D eigenvalue weighted by atomic mass is 10.1. The number of ether oxygens (including phenoxy) is 1. The number of hydrogen-bond acceptors (Lipinski definition) is 5. The number of amides is 1. The Morgan fingerprint density at radius 3 is 2.74 bits per heavy atom. The highest BCUT2D eigenvalue weighted by Gasteiger charge is 2.11. The van der Waals surface area contributed by atoms with E-state index in [9.17, 15) is 4.79 Å². The van der Waals surface area contributed by atoms with Crippen molar-refractivity contribution < 1.29 is 9.53 Å². The first-order chi connectivity index (χ1) is 11.3. The first kappa shape index (κ1) is 15.1. The van der Waals surface area contributed by atoms with Crippen LogP contribution in [0.15, 0.2) is 49.1 Å². The number of methoxy groups -OCH3 is 1. The molecule has 116 valence electrons. The van der Waals surface area contributed by atoms with Crippen LogP contribution in [0.5, 0.6) is 0 Å². The lowest BCUT2D eigenvalue weighted by molar-refractivity contribution is 0.0932. The second kappa shape index (κ2) is 6.93. The maximum absolute atomic E-state index is 12.2. The largest absolute Gasteiger partial charge is 0.383 e. The third-order valence-electron chi connectivity index (χ3n) is 3.41. The minimum atomic E-state index is -0.221. The van der Waals surface area contributed by atoms with Gasteiger partial charge < -0.3 is 10.1 Å². The smallest absolute Gasteiger partial charge is 0.269 e. The van der Waals surface area contributed by atoms with Gasteiger partial charge in [-0.1, -0.05) is 0 Å². The molecule has 0 fully saturated rings. The van der Waals surface area contributed by atoms with Gasteiger partial charge in [0.25, 0.3) is 5.91 Å². The maximum Gasteiger partial charge on any atom is 0.269 e. The molecule has 3 heterocycles. The van der Waals surface area contributed by atoms with Gasteiger partial charge in [-0.15, -0.1) is 0 Å². The predicted octanol–water partition coefficient (Wildman–Crippen LogP) is 2.07. The van der Waals surface area contributed by atoms with E-state index >= 15 is 0 Å². The Balaban J connectivity index is 2.00. The lowest BCUT2D eigenvalue weighted by Crippen LogP contribution is -2.27. The van der Waals surface area contributed by atoms with Gasteiger partial charge >= 0.3 is 0 Å². The molecule has 0 spiro atoms. The van der Waals surface area contributed by atoms with E-state index in [0.717, 1.165) is 22.0 Å². The molecule has 3 aromatic rings. The average molecular weight is 308 g/mol. The zero-order chi connectivity index (χ0) is 16.1. The molecule has 1 N–H and O–H groups in total. The molecule has 0 bridgehead atoms. The van der Waals surface area contributed by atoms with E-state index in [0.29, 0.717) is 18.8 Å². The quantitative estimate of drug-likeness (QED) is 0.730. The fourth-order valence-corrected chi connectivity index (χ4v) is 2.27. The van der Waals surface area contributed by atoms with Crippen LogP contribution in [0.2, 0.25) is 0 Å². The Bertz CT molecular complexity index is 821. The second-order valence-corrected chi connectivity index (χ2v) is 4.94. The SMILES string of the molecule is COCCNC(=O)c1ccc2cncc(-c3ccncc3)c2n1. The van der Waals surface area contributed by atoms with Crippen LogP contribution in [0.1, 0.15) is 10.5 Å². The fourth-order valence-electron chi connectivity index (χ4n) is 2.27. The van der Waals surface area contributed by atoms with Crippen molar-refractivity contribution in [2.75, 3.05) is 20.3 Å². The van der Waals surface area contributed by atoms with Crippen molar-refractivity contribution in [3.63, 3.8) is 0 Å². The summed E-state index contributed by atoms with van der Waals surface area (Å²) in [6.45, 7) is 0.911. The molecule has 1 amide bonds. The molecule has 3 aromatic heterocycles. The molecule has 0 atom stereocenters. The number of aromatic nitrogens is 3. The van der Waals surface area contributed by atoms with Crippen molar-refractivity contribution in [3.05, 3.63) is 54.7 Å². The Hall–Kier alpha value is -2.86. The summed E-state index contributed by atoms with van der Waals surface area (Å²) >= 11 is 0. The minimum Gasteiger partial charge on any atom is -0.383 e. The topological polar surface area (TPSA) is 77.0 Å². The first-order valence-electron chi connectivity index (χ1n) is 7.22. The summed E-state index contributed by atoms with van der Waals surface area (Å²) in [5, 5.41) is 3.65. The van der Waals surface area contributed by atoms with Crippen LogP contribution < -0.4 is 5.32 Å². The molecular weight excluding hydrogens is 292 g/mol. The summed E-state index contributed by atoms with van der Waals surface area (Å²) < 4.78 is 4.93. The molecule has 6 heteroatoms. The number of nitrogens with zero attached hydrogens (tertiary/aromatic N) is 3. The molecule has 0 saturated heterocycles. The molecule has 6 nitrogen and oxygen atoms in total. The van der Waals surface area contributed by atoms with Crippen molar-refractivity contribution in [1.29, 1.82) is 0 Å². The molecule has 0 aliphatic carbocycles. The summed E-state index contributed by atoms with van der Waals surface area (Å²) in [6.07, 6.45) is 6.92. The maximum atomic E-state index is 12.2. The van der Waals surface area contributed by atoms with Crippen molar-refractivity contribution in [1.82, 2.24) is 20.3 Å². The van der Waals surface area contributed by atoms with Gasteiger partial charge in [-0.25, -0.2) is 4.98 Å². The third kappa shape index (κ3) is 3.32. The van der Waals surface area contributed by atoms with E-state index in [4.69, 9.17) is 4.74 Å². The number of hydrogen-bond donors (Lipinski definition) is 1. The number of pyridine rings is 3. The van der Waals surface area contributed by atoms with Crippen molar-refractivity contribution in [3.8, 4) is 11.1 Å². The highest BCUT2D eigenvalue weighted by atomic mass is 16.5. The van der Waals surface area contributed by atoms with Crippen molar-refractivity contribution in [2.24, 2.45) is 0 Å². The number of carbonyl (C=O) groups excluding carboxylic acids is 1. The van der Waals surface area contributed by atoms with E-state index in [-0.39, 0.29) is 5.91 Å². The normalized spacial score (nSPS) is 10.7. The van der Waals surface area contributed by atoms with Gasteiger partial charge in [0.05, 0.1) is 12.1 Å². The zero-order valence-corrected chi connectivity index (χ0v) is 12.7. The number of rotatable bonds is 5. The van der Waals surface area contributed by atoms with Gasteiger partial charge in [-0.05, 0) is 29.8 Å². The number of fused-ring (bicyclic) bond motifs is 1. The first-order valence-corrected chi connectivity index (χ1v) is 7.22. The molecular formula is C17H16N4O2. The van der Waals surface area contributed by atoms with Gasteiger partial charge in [-0.3, -0.25) is 14.8 Å². The third-order valence-corrected chi connectivity index (χ3v) is 3.41. The molecule has 0 aliphatic heterocycles. The summed E-state index contributed by atoms with van der Waals surface area (Å²) in [6, 6.07) is 7.33. The summed E-state index contributed by atoms with van der Waals surface area (Å²) in [4.78, 5) is 24.9. The molecule has 23 heavy (non-hydrogen) atoms. The fraction of sp³-hybridized carbons (Fsp3) is 0.176. The molecule has 0 aromatic carbocycles. The molecule has 3 rings (SSSR count). The molecule has 0 radical (unpaired) electrons. The van der Waals surface area contributed by atoms with Crippen molar-refractivity contribution >= 4 is 16.8 Å². The average Bonchev–Trinajstić information content (AvgIpc) is 2.61. The van der Waals surface area contributed by atoms with Gasteiger partial charge in [-0.2, -0.15) is 0 Å². The second-order valence-electron chi connectivity index (χ2n) is 4.94. The van der Waals surface area contributed by atoms with E-state index < -0.39 is 0 Å². The number of nitrogens with one attached hydrogen (secondary N) is 1. The number of carbonyl (C=O) groups is 1. The van der Waals surface area contributed by atoms with E-state index in [2.05, 4.69) is 20.3 Å². The van der Waals surface area contributed by atoms with Crippen LogP contribution in [-0.4, -0.2) is 41.1 Å². The molecule has 0 saturated carbocycles.